The second kappa shape index (κ2) is 8.05. The molecule has 0 unspecified atom stereocenters. The number of carbonyl (C=O) groups is 2. The number of hydrogen-bond acceptors (Lipinski definition) is 4. The zero-order chi connectivity index (χ0) is 16.7. The minimum absolute atomic E-state index is 0.380. The Morgan fingerprint density at radius 3 is 2.57 bits per heavy atom. The molecule has 0 saturated carbocycles. The average Bonchev–Trinajstić information content (AvgIpc) is 2.96. The van der Waals surface area contributed by atoms with Gasteiger partial charge in [0.2, 0.25) is 0 Å². The molecule has 2 aromatic rings. The fourth-order valence-corrected chi connectivity index (χ4v) is 2.75. The van der Waals surface area contributed by atoms with Crippen molar-refractivity contribution in [2.45, 2.75) is 13.8 Å². The molecule has 0 fully saturated rings. The molecule has 2 rings (SSSR count). The predicted molar refractivity (Wildman–Crippen MR) is 91.8 cm³/mol. The first-order valence-corrected chi connectivity index (χ1v) is 7.86. The standard InChI is InChI=1S/C17H17N3O2S/c1-3-4-6-11-14(21)19-20-16(22)15-12(2)18-17(23-15)13-9-7-5-8-10-13/h3-11H,1-2H3,(H,19,21)(H,20,22)/b4-3+,11-6+. The first-order valence-electron chi connectivity index (χ1n) is 7.04. The number of benzene rings is 1. The first kappa shape index (κ1) is 16.6. The molecule has 5 nitrogen and oxygen atoms in total. The van der Waals surface area contributed by atoms with E-state index < -0.39 is 5.91 Å². The lowest BCUT2D eigenvalue weighted by atomic mass is 10.2. The van der Waals surface area contributed by atoms with Crippen LogP contribution in [0.2, 0.25) is 0 Å². The Morgan fingerprint density at radius 1 is 1.13 bits per heavy atom. The number of aryl methyl sites for hydroxylation is 1. The van der Waals surface area contributed by atoms with Crippen molar-refractivity contribution < 1.29 is 9.59 Å². The number of thiazole rings is 1. The zero-order valence-electron chi connectivity index (χ0n) is 12.9. The monoisotopic (exact) mass is 327 g/mol. The fourth-order valence-electron chi connectivity index (χ4n) is 1.78. The van der Waals surface area contributed by atoms with E-state index in [0.717, 1.165) is 10.6 Å². The van der Waals surface area contributed by atoms with Crippen LogP contribution < -0.4 is 10.9 Å². The number of allylic oxidation sites excluding steroid dienone is 3. The van der Waals surface area contributed by atoms with Gasteiger partial charge in [-0.05, 0) is 13.8 Å². The normalized spacial score (nSPS) is 11.0. The highest BCUT2D eigenvalue weighted by atomic mass is 32.1. The predicted octanol–water partition coefficient (Wildman–Crippen LogP) is 3.01. The molecule has 6 heteroatoms. The van der Waals surface area contributed by atoms with Gasteiger partial charge in [0.05, 0.1) is 5.69 Å². The van der Waals surface area contributed by atoms with Gasteiger partial charge in [-0.25, -0.2) is 4.98 Å². The molecule has 1 aromatic carbocycles. The van der Waals surface area contributed by atoms with Crippen molar-refractivity contribution in [3.63, 3.8) is 0 Å². The highest BCUT2D eigenvalue weighted by Crippen LogP contribution is 2.27. The van der Waals surface area contributed by atoms with E-state index >= 15 is 0 Å². The van der Waals surface area contributed by atoms with Crippen molar-refractivity contribution in [1.29, 1.82) is 0 Å². The van der Waals surface area contributed by atoms with Crippen molar-refractivity contribution in [2.75, 3.05) is 0 Å². The molecule has 1 aromatic heterocycles. The van der Waals surface area contributed by atoms with Gasteiger partial charge in [0.25, 0.3) is 11.8 Å². The SMILES string of the molecule is C/C=C/C=C/C(=O)NNC(=O)c1sc(-c2ccccc2)nc1C. The van der Waals surface area contributed by atoms with E-state index in [4.69, 9.17) is 0 Å². The van der Waals surface area contributed by atoms with Crippen LogP contribution >= 0.6 is 11.3 Å². The molecule has 0 bridgehead atoms. The number of carbonyl (C=O) groups excluding carboxylic acids is 2. The Labute approximate surface area is 138 Å². The fraction of sp³-hybridized carbons (Fsp3) is 0.118. The van der Waals surface area contributed by atoms with Crippen LogP contribution in [0.15, 0.2) is 54.6 Å². The van der Waals surface area contributed by atoms with E-state index in [0.29, 0.717) is 10.6 Å². The van der Waals surface area contributed by atoms with Crippen LogP contribution in [-0.4, -0.2) is 16.8 Å². The summed E-state index contributed by atoms with van der Waals surface area (Å²) in [5, 5.41) is 0.771. The Morgan fingerprint density at radius 2 is 1.87 bits per heavy atom. The van der Waals surface area contributed by atoms with E-state index in [1.807, 2.05) is 37.3 Å². The maximum atomic E-state index is 12.2. The lowest BCUT2D eigenvalue weighted by Gasteiger charge is -2.03. The summed E-state index contributed by atoms with van der Waals surface area (Å²) in [5.41, 5.74) is 6.31. The van der Waals surface area contributed by atoms with E-state index in [1.54, 1.807) is 25.2 Å². The lowest BCUT2D eigenvalue weighted by molar-refractivity contribution is -0.117. The Kier molecular flexibility index (Phi) is 5.82. The Hall–Kier alpha value is -2.73. The summed E-state index contributed by atoms with van der Waals surface area (Å²) < 4.78 is 0. The topological polar surface area (TPSA) is 71.1 Å². The van der Waals surface area contributed by atoms with Gasteiger partial charge in [-0.2, -0.15) is 0 Å². The molecule has 0 saturated heterocycles. The van der Waals surface area contributed by atoms with Crippen LogP contribution in [0.1, 0.15) is 22.3 Å². The minimum Gasteiger partial charge on any atom is -0.268 e. The van der Waals surface area contributed by atoms with Gasteiger partial charge in [-0.15, -0.1) is 11.3 Å². The van der Waals surface area contributed by atoms with Gasteiger partial charge in [0.1, 0.15) is 9.88 Å². The third-order valence-electron chi connectivity index (χ3n) is 2.87. The molecule has 23 heavy (non-hydrogen) atoms. The molecule has 0 atom stereocenters. The molecule has 1 heterocycles. The van der Waals surface area contributed by atoms with Crippen LogP contribution in [0.4, 0.5) is 0 Å². The molecular formula is C17H17N3O2S. The summed E-state index contributed by atoms with van der Waals surface area (Å²) >= 11 is 1.29. The number of aromatic nitrogens is 1. The zero-order valence-corrected chi connectivity index (χ0v) is 13.7. The van der Waals surface area contributed by atoms with E-state index in [1.165, 1.54) is 17.4 Å². The van der Waals surface area contributed by atoms with Crippen LogP contribution in [0.25, 0.3) is 10.6 Å². The summed E-state index contributed by atoms with van der Waals surface area (Å²) in [6, 6.07) is 9.64. The van der Waals surface area contributed by atoms with Crippen LogP contribution in [0, 0.1) is 6.92 Å². The highest BCUT2D eigenvalue weighted by molar-refractivity contribution is 7.17. The number of amides is 2. The largest absolute Gasteiger partial charge is 0.281 e. The maximum absolute atomic E-state index is 12.2. The number of rotatable bonds is 4. The second-order valence-electron chi connectivity index (χ2n) is 4.63. The van der Waals surface area contributed by atoms with Gasteiger partial charge >= 0.3 is 0 Å². The van der Waals surface area contributed by atoms with Crippen molar-refractivity contribution in [3.8, 4) is 10.6 Å². The van der Waals surface area contributed by atoms with Crippen molar-refractivity contribution in [3.05, 3.63) is 65.2 Å². The Bertz CT molecular complexity index is 748. The van der Waals surface area contributed by atoms with Gasteiger partial charge in [-0.1, -0.05) is 48.6 Å². The van der Waals surface area contributed by atoms with Crippen molar-refractivity contribution in [1.82, 2.24) is 15.8 Å². The van der Waals surface area contributed by atoms with Gasteiger partial charge < -0.3 is 0 Å². The summed E-state index contributed by atoms with van der Waals surface area (Å²) in [4.78, 5) is 28.5. The highest BCUT2D eigenvalue weighted by Gasteiger charge is 2.16. The molecule has 0 aliphatic heterocycles. The molecule has 118 valence electrons. The summed E-state index contributed by atoms with van der Waals surface area (Å²) in [7, 11) is 0. The third kappa shape index (κ3) is 4.62. The van der Waals surface area contributed by atoms with E-state index in [2.05, 4.69) is 15.8 Å². The average molecular weight is 327 g/mol. The van der Waals surface area contributed by atoms with Gasteiger partial charge in [0.15, 0.2) is 0 Å². The van der Waals surface area contributed by atoms with Crippen LogP contribution in [-0.2, 0) is 4.79 Å². The van der Waals surface area contributed by atoms with Gasteiger partial charge in [-0.3, -0.25) is 20.4 Å². The van der Waals surface area contributed by atoms with Crippen LogP contribution in [0.3, 0.4) is 0 Å². The molecule has 2 amide bonds. The minimum atomic E-state index is -0.401. The molecule has 0 aliphatic rings. The molecule has 0 aliphatic carbocycles. The van der Waals surface area contributed by atoms with Crippen molar-refractivity contribution >= 4 is 23.2 Å². The number of hydrogen-bond donors (Lipinski definition) is 2. The summed E-state index contributed by atoms with van der Waals surface area (Å²) in [6.07, 6.45) is 6.44. The van der Waals surface area contributed by atoms with E-state index in [9.17, 15) is 9.59 Å². The van der Waals surface area contributed by atoms with Crippen molar-refractivity contribution in [2.24, 2.45) is 0 Å². The Balaban J connectivity index is 2.03. The third-order valence-corrected chi connectivity index (χ3v) is 4.08. The summed E-state index contributed by atoms with van der Waals surface area (Å²) in [5.74, 6) is -0.781. The van der Waals surface area contributed by atoms with Gasteiger partial charge in [0, 0.05) is 11.6 Å². The smallest absolute Gasteiger partial charge is 0.268 e. The second-order valence-corrected chi connectivity index (χ2v) is 5.63. The van der Waals surface area contributed by atoms with E-state index in [-0.39, 0.29) is 5.91 Å². The number of nitrogens with zero attached hydrogens (tertiary/aromatic N) is 1. The maximum Gasteiger partial charge on any atom is 0.281 e. The number of nitrogens with one attached hydrogen (secondary N) is 2. The quantitative estimate of drug-likeness (QED) is 0.515. The summed E-state index contributed by atoms with van der Waals surface area (Å²) in [6.45, 7) is 3.62. The van der Waals surface area contributed by atoms with Crippen LogP contribution in [0.5, 0.6) is 0 Å². The molecule has 0 radical (unpaired) electrons. The lowest BCUT2D eigenvalue weighted by Crippen LogP contribution is -2.40. The first-order chi connectivity index (χ1) is 11.1. The molecular weight excluding hydrogens is 310 g/mol. The molecule has 0 spiro atoms. The molecule has 2 N–H and O–H groups in total. The number of hydrazine groups is 1.